The predicted octanol–water partition coefficient (Wildman–Crippen LogP) is -1.04. The molecule has 1 aliphatic heterocycles. The standard InChI is InChI=1S/C13H19N5O2/c1-10(6-11-7-14-2-3-15-11)17-13(20)9-18-5-4-16-12(19)8-18/h2-3,7,10H,4-6,8-9H2,1H3,(H,16,19)(H,17,20)/t10-/m0/s1. The number of rotatable bonds is 5. The first-order valence-corrected chi connectivity index (χ1v) is 6.67. The van der Waals surface area contributed by atoms with E-state index in [1.54, 1.807) is 18.6 Å². The molecule has 0 aromatic carbocycles. The molecule has 0 saturated carbocycles. The molecule has 1 aromatic rings. The zero-order chi connectivity index (χ0) is 14.4. The van der Waals surface area contributed by atoms with Crippen molar-refractivity contribution in [3.8, 4) is 0 Å². The van der Waals surface area contributed by atoms with Gasteiger partial charge in [-0.15, -0.1) is 0 Å². The molecule has 1 atom stereocenters. The molecule has 2 N–H and O–H groups in total. The Labute approximate surface area is 117 Å². The smallest absolute Gasteiger partial charge is 0.234 e. The number of carbonyl (C=O) groups excluding carboxylic acids is 2. The van der Waals surface area contributed by atoms with Gasteiger partial charge in [0, 0.05) is 44.1 Å². The summed E-state index contributed by atoms with van der Waals surface area (Å²) in [6, 6.07) is -0.0159. The molecule has 2 rings (SSSR count). The Kier molecular flexibility index (Phi) is 5.00. The molecule has 7 nitrogen and oxygen atoms in total. The van der Waals surface area contributed by atoms with Crippen LogP contribution in [0.25, 0.3) is 0 Å². The Bertz CT molecular complexity index is 465. The van der Waals surface area contributed by atoms with Crippen LogP contribution in [0.3, 0.4) is 0 Å². The molecule has 7 heteroatoms. The number of nitrogens with zero attached hydrogens (tertiary/aromatic N) is 3. The predicted molar refractivity (Wildman–Crippen MR) is 72.8 cm³/mol. The van der Waals surface area contributed by atoms with Crippen molar-refractivity contribution in [2.45, 2.75) is 19.4 Å². The second-order valence-corrected chi connectivity index (χ2v) is 4.93. The average molecular weight is 277 g/mol. The van der Waals surface area contributed by atoms with Crippen LogP contribution in [0, 0.1) is 0 Å². The summed E-state index contributed by atoms with van der Waals surface area (Å²) in [7, 11) is 0. The lowest BCUT2D eigenvalue weighted by molar-refractivity contribution is -0.127. The van der Waals surface area contributed by atoms with Gasteiger partial charge in [0.25, 0.3) is 0 Å². The van der Waals surface area contributed by atoms with Crippen molar-refractivity contribution < 1.29 is 9.59 Å². The molecule has 2 amide bonds. The van der Waals surface area contributed by atoms with Crippen molar-refractivity contribution in [2.24, 2.45) is 0 Å². The lowest BCUT2D eigenvalue weighted by Gasteiger charge is -2.26. The van der Waals surface area contributed by atoms with E-state index in [4.69, 9.17) is 0 Å². The normalized spacial score (nSPS) is 17.4. The Balaban J connectivity index is 1.75. The Hall–Kier alpha value is -2.02. The van der Waals surface area contributed by atoms with Gasteiger partial charge in [-0.25, -0.2) is 0 Å². The summed E-state index contributed by atoms with van der Waals surface area (Å²) in [6.45, 7) is 3.76. The number of hydrogen-bond donors (Lipinski definition) is 2. The topological polar surface area (TPSA) is 87.2 Å². The Morgan fingerprint density at radius 1 is 1.55 bits per heavy atom. The molecule has 1 aliphatic rings. The third-order valence-corrected chi connectivity index (χ3v) is 3.02. The zero-order valence-corrected chi connectivity index (χ0v) is 11.5. The molecule has 1 saturated heterocycles. The minimum absolute atomic E-state index is 0.0159. The maximum atomic E-state index is 11.9. The van der Waals surface area contributed by atoms with Gasteiger partial charge in [-0.2, -0.15) is 0 Å². The van der Waals surface area contributed by atoms with Crippen molar-refractivity contribution >= 4 is 11.8 Å². The van der Waals surface area contributed by atoms with Crippen LogP contribution < -0.4 is 10.6 Å². The summed E-state index contributed by atoms with van der Waals surface area (Å²) in [5.74, 6) is -0.104. The van der Waals surface area contributed by atoms with Crippen molar-refractivity contribution in [3.63, 3.8) is 0 Å². The molecule has 0 radical (unpaired) electrons. The highest BCUT2D eigenvalue weighted by Gasteiger charge is 2.19. The van der Waals surface area contributed by atoms with E-state index in [1.807, 2.05) is 11.8 Å². The molecule has 0 bridgehead atoms. The third kappa shape index (κ3) is 4.58. The van der Waals surface area contributed by atoms with Crippen molar-refractivity contribution in [2.75, 3.05) is 26.2 Å². The summed E-state index contributed by atoms with van der Waals surface area (Å²) in [4.78, 5) is 33.1. The van der Waals surface area contributed by atoms with Gasteiger partial charge in [-0.05, 0) is 6.92 Å². The first-order chi connectivity index (χ1) is 9.63. The average Bonchev–Trinajstić information content (AvgIpc) is 2.39. The number of carbonyl (C=O) groups is 2. The van der Waals surface area contributed by atoms with Crippen LogP contribution in [-0.4, -0.2) is 58.9 Å². The summed E-state index contributed by atoms with van der Waals surface area (Å²) in [6.07, 6.45) is 5.59. The van der Waals surface area contributed by atoms with Gasteiger partial charge >= 0.3 is 0 Å². The van der Waals surface area contributed by atoms with Crippen molar-refractivity contribution in [1.82, 2.24) is 25.5 Å². The molecule has 1 aromatic heterocycles. The minimum atomic E-state index is -0.0731. The number of nitrogens with one attached hydrogen (secondary N) is 2. The summed E-state index contributed by atoms with van der Waals surface area (Å²) < 4.78 is 0. The van der Waals surface area contributed by atoms with E-state index in [1.165, 1.54) is 0 Å². The maximum Gasteiger partial charge on any atom is 0.234 e. The van der Waals surface area contributed by atoms with Gasteiger partial charge in [-0.1, -0.05) is 0 Å². The lowest BCUT2D eigenvalue weighted by atomic mass is 10.2. The second kappa shape index (κ2) is 6.95. The highest BCUT2D eigenvalue weighted by atomic mass is 16.2. The Morgan fingerprint density at radius 2 is 2.40 bits per heavy atom. The van der Waals surface area contributed by atoms with E-state index in [-0.39, 0.29) is 30.9 Å². The van der Waals surface area contributed by atoms with E-state index in [0.29, 0.717) is 19.5 Å². The molecule has 0 unspecified atom stereocenters. The summed E-state index contributed by atoms with van der Waals surface area (Å²) >= 11 is 0. The fraction of sp³-hybridized carbons (Fsp3) is 0.538. The van der Waals surface area contributed by atoms with Gasteiger partial charge in [-0.3, -0.25) is 24.5 Å². The van der Waals surface area contributed by atoms with E-state index in [0.717, 1.165) is 5.69 Å². The highest BCUT2D eigenvalue weighted by molar-refractivity contribution is 5.81. The molecule has 1 fully saturated rings. The summed E-state index contributed by atoms with van der Waals surface area (Å²) in [5.41, 5.74) is 0.845. The van der Waals surface area contributed by atoms with E-state index >= 15 is 0 Å². The van der Waals surface area contributed by atoms with Gasteiger partial charge in [0.05, 0.1) is 18.8 Å². The van der Waals surface area contributed by atoms with Crippen LogP contribution >= 0.6 is 0 Å². The number of amides is 2. The third-order valence-electron chi connectivity index (χ3n) is 3.02. The van der Waals surface area contributed by atoms with Crippen molar-refractivity contribution in [3.05, 3.63) is 24.3 Å². The monoisotopic (exact) mass is 277 g/mol. The largest absolute Gasteiger partial charge is 0.354 e. The molecule has 0 spiro atoms. The SMILES string of the molecule is C[C@@H](Cc1cnccn1)NC(=O)CN1CCNC(=O)C1. The maximum absolute atomic E-state index is 11.9. The van der Waals surface area contributed by atoms with Crippen LogP contribution in [0.4, 0.5) is 0 Å². The van der Waals surface area contributed by atoms with Gasteiger partial charge in [0.15, 0.2) is 0 Å². The van der Waals surface area contributed by atoms with Crippen LogP contribution in [0.2, 0.25) is 0 Å². The molecular weight excluding hydrogens is 258 g/mol. The fourth-order valence-corrected chi connectivity index (χ4v) is 2.15. The van der Waals surface area contributed by atoms with E-state index in [9.17, 15) is 9.59 Å². The summed E-state index contributed by atoms with van der Waals surface area (Å²) in [5, 5.41) is 5.64. The lowest BCUT2D eigenvalue weighted by Crippen LogP contribution is -2.51. The molecule has 2 heterocycles. The molecule has 0 aliphatic carbocycles. The first kappa shape index (κ1) is 14.4. The van der Waals surface area contributed by atoms with Gasteiger partial charge in [0.1, 0.15) is 0 Å². The quantitative estimate of drug-likeness (QED) is 0.717. The minimum Gasteiger partial charge on any atom is -0.354 e. The fourth-order valence-electron chi connectivity index (χ4n) is 2.15. The Morgan fingerprint density at radius 3 is 3.10 bits per heavy atom. The first-order valence-electron chi connectivity index (χ1n) is 6.67. The molecular formula is C13H19N5O2. The van der Waals surface area contributed by atoms with Gasteiger partial charge < -0.3 is 10.6 Å². The molecule has 108 valence electrons. The zero-order valence-electron chi connectivity index (χ0n) is 11.5. The number of aromatic nitrogens is 2. The van der Waals surface area contributed by atoms with Crippen LogP contribution in [-0.2, 0) is 16.0 Å². The van der Waals surface area contributed by atoms with E-state index < -0.39 is 0 Å². The second-order valence-electron chi connectivity index (χ2n) is 4.93. The molecule has 20 heavy (non-hydrogen) atoms. The van der Waals surface area contributed by atoms with Crippen LogP contribution in [0.5, 0.6) is 0 Å². The van der Waals surface area contributed by atoms with Crippen LogP contribution in [0.1, 0.15) is 12.6 Å². The van der Waals surface area contributed by atoms with E-state index in [2.05, 4.69) is 20.6 Å². The van der Waals surface area contributed by atoms with Crippen LogP contribution in [0.15, 0.2) is 18.6 Å². The highest BCUT2D eigenvalue weighted by Crippen LogP contribution is 1.98. The number of piperazine rings is 1. The van der Waals surface area contributed by atoms with Crippen molar-refractivity contribution in [1.29, 1.82) is 0 Å². The number of hydrogen-bond acceptors (Lipinski definition) is 5. The van der Waals surface area contributed by atoms with Gasteiger partial charge in [0.2, 0.25) is 11.8 Å².